The van der Waals surface area contributed by atoms with Gasteiger partial charge >= 0.3 is 0 Å². The van der Waals surface area contributed by atoms with Crippen LogP contribution in [0, 0.1) is 15.5 Å². The van der Waals surface area contributed by atoms with Crippen LogP contribution in [0.5, 0.6) is 0 Å². The van der Waals surface area contributed by atoms with Crippen molar-refractivity contribution in [2.75, 3.05) is 13.1 Å². The lowest BCUT2D eigenvalue weighted by Gasteiger charge is -2.44. The lowest BCUT2D eigenvalue weighted by Crippen LogP contribution is -2.61. The Morgan fingerprint density at radius 3 is 2.38 bits per heavy atom. The third kappa shape index (κ3) is 5.12. The van der Waals surface area contributed by atoms with Gasteiger partial charge in [0.2, 0.25) is 15.9 Å². The second kappa shape index (κ2) is 8.37. The number of nitro groups is 1. The maximum Gasteiger partial charge on any atom is 0.289 e. The standard InChI is InChI=1S/C19H30N4O5S/c1-13-12-22(29(27,28)17-9-7-6-8-16(17)23(25)26)14(2)11-21(13)18(24)15(20)10-19(3,4)5/h6-9,13-15H,10-12,20H2,1-5H3/t13-,14+,15+/m1/s1. The molecule has 1 heterocycles. The number of hydrogen-bond donors (Lipinski definition) is 1. The number of benzene rings is 1. The Morgan fingerprint density at radius 1 is 1.24 bits per heavy atom. The van der Waals surface area contributed by atoms with Crippen molar-refractivity contribution in [1.82, 2.24) is 9.21 Å². The van der Waals surface area contributed by atoms with Gasteiger partial charge in [0.05, 0.1) is 11.0 Å². The number of nitrogens with zero attached hydrogens (tertiary/aromatic N) is 3. The molecule has 1 aromatic rings. The van der Waals surface area contributed by atoms with Crippen LogP contribution in [0.4, 0.5) is 5.69 Å². The fourth-order valence-corrected chi connectivity index (χ4v) is 5.51. The van der Waals surface area contributed by atoms with E-state index in [2.05, 4.69) is 0 Å². The van der Waals surface area contributed by atoms with Crippen molar-refractivity contribution in [3.8, 4) is 0 Å². The Balaban J connectivity index is 2.26. The molecule has 0 bridgehead atoms. The highest BCUT2D eigenvalue weighted by Crippen LogP contribution is 2.30. The van der Waals surface area contributed by atoms with Crippen molar-refractivity contribution in [2.24, 2.45) is 11.1 Å². The third-order valence-corrected chi connectivity index (χ3v) is 7.04. The molecule has 0 radical (unpaired) electrons. The number of sulfonamides is 1. The van der Waals surface area contributed by atoms with Gasteiger partial charge in [-0.3, -0.25) is 14.9 Å². The molecule has 1 aliphatic rings. The molecule has 0 aromatic heterocycles. The molecule has 0 unspecified atom stereocenters. The van der Waals surface area contributed by atoms with Crippen LogP contribution in [0.25, 0.3) is 0 Å². The van der Waals surface area contributed by atoms with Crippen LogP contribution in [0.1, 0.15) is 41.0 Å². The van der Waals surface area contributed by atoms with Gasteiger partial charge in [-0.2, -0.15) is 4.31 Å². The zero-order valence-electron chi connectivity index (χ0n) is 17.5. The molecule has 1 amide bonds. The lowest BCUT2D eigenvalue weighted by atomic mass is 9.87. The number of para-hydroxylation sites is 1. The van der Waals surface area contributed by atoms with Crippen LogP contribution in [0.15, 0.2) is 29.2 Å². The zero-order chi connectivity index (χ0) is 22.1. The predicted molar refractivity (Wildman–Crippen MR) is 110 cm³/mol. The fraction of sp³-hybridized carbons (Fsp3) is 0.632. The van der Waals surface area contributed by atoms with Crippen LogP contribution >= 0.6 is 0 Å². The summed E-state index contributed by atoms with van der Waals surface area (Å²) < 4.78 is 27.6. The topological polar surface area (TPSA) is 127 Å². The van der Waals surface area contributed by atoms with Crippen molar-refractivity contribution in [2.45, 2.75) is 64.1 Å². The maximum absolute atomic E-state index is 13.2. The van der Waals surface area contributed by atoms with Crippen molar-refractivity contribution in [3.05, 3.63) is 34.4 Å². The number of carbonyl (C=O) groups excluding carboxylic acids is 1. The van der Waals surface area contributed by atoms with E-state index in [4.69, 9.17) is 5.73 Å². The minimum atomic E-state index is -4.10. The van der Waals surface area contributed by atoms with Crippen LogP contribution in [0.3, 0.4) is 0 Å². The first-order valence-electron chi connectivity index (χ1n) is 9.57. The summed E-state index contributed by atoms with van der Waals surface area (Å²) in [5.74, 6) is -0.206. The van der Waals surface area contributed by atoms with Crippen molar-refractivity contribution >= 4 is 21.6 Å². The highest BCUT2D eigenvalue weighted by atomic mass is 32.2. The number of rotatable bonds is 5. The van der Waals surface area contributed by atoms with Gasteiger partial charge in [0.1, 0.15) is 0 Å². The molecule has 1 aromatic carbocycles. The summed E-state index contributed by atoms with van der Waals surface area (Å²) >= 11 is 0. The van der Waals surface area contributed by atoms with Crippen LogP contribution in [-0.2, 0) is 14.8 Å². The van der Waals surface area contributed by atoms with Crippen molar-refractivity contribution in [1.29, 1.82) is 0 Å². The average Bonchev–Trinajstić information content (AvgIpc) is 2.61. The molecule has 0 saturated carbocycles. The van der Waals surface area contributed by atoms with Gasteiger partial charge in [-0.05, 0) is 31.7 Å². The number of carbonyl (C=O) groups is 1. The quantitative estimate of drug-likeness (QED) is 0.566. The van der Waals surface area contributed by atoms with E-state index in [1.54, 1.807) is 18.7 Å². The monoisotopic (exact) mass is 426 g/mol. The number of hydrogen-bond acceptors (Lipinski definition) is 6. The molecule has 162 valence electrons. The second-order valence-electron chi connectivity index (χ2n) is 8.86. The first-order chi connectivity index (χ1) is 13.3. The highest BCUT2D eigenvalue weighted by molar-refractivity contribution is 7.89. The lowest BCUT2D eigenvalue weighted by molar-refractivity contribution is -0.387. The van der Waals surface area contributed by atoms with Gasteiger partial charge in [-0.25, -0.2) is 8.42 Å². The SMILES string of the molecule is C[C@@H]1CN(S(=O)(=O)c2ccccc2[N+](=O)[O-])[C@@H](C)CN1C(=O)[C@@H](N)CC(C)(C)C. The summed E-state index contributed by atoms with van der Waals surface area (Å²) in [5, 5.41) is 11.3. The Labute approximate surface area is 172 Å². The zero-order valence-corrected chi connectivity index (χ0v) is 18.3. The molecule has 29 heavy (non-hydrogen) atoms. The molecule has 9 nitrogen and oxygen atoms in total. The molecule has 2 N–H and O–H groups in total. The van der Waals surface area contributed by atoms with E-state index >= 15 is 0 Å². The van der Waals surface area contributed by atoms with Crippen molar-refractivity contribution < 1.29 is 18.1 Å². The van der Waals surface area contributed by atoms with Gasteiger partial charge in [-0.15, -0.1) is 0 Å². The molecule has 1 saturated heterocycles. The Hall–Kier alpha value is -2.04. The van der Waals surface area contributed by atoms with Gasteiger partial charge < -0.3 is 10.6 Å². The molecule has 1 fully saturated rings. The molecule has 0 aliphatic carbocycles. The number of nitro benzene ring substituents is 1. The van der Waals surface area contributed by atoms with Gasteiger partial charge in [0.15, 0.2) is 4.90 Å². The minimum Gasteiger partial charge on any atom is -0.336 e. The number of piperazine rings is 1. The Bertz CT molecular complexity index is 881. The maximum atomic E-state index is 13.2. The molecule has 0 spiro atoms. The summed E-state index contributed by atoms with van der Waals surface area (Å²) in [4.78, 5) is 24.7. The Morgan fingerprint density at radius 2 is 1.83 bits per heavy atom. The first kappa shape index (κ1) is 23.2. The van der Waals surface area contributed by atoms with Gasteiger partial charge in [0.25, 0.3) is 5.69 Å². The van der Waals surface area contributed by atoms with Crippen LogP contribution < -0.4 is 5.73 Å². The first-order valence-corrected chi connectivity index (χ1v) is 11.0. The van der Waals surface area contributed by atoms with E-state index in [9.17, 15) is 23.3 Å². The van der Waals surface area contributed by atoms with Gasteiger partial charge in [0, 0.05) is 31.2 Å². The largest absolute Gasteiger partial charge is 0.336 e. The van der Waals surface area contributed by atoms with Crippen molar-refractivity contribution in [3.63, 3.8) is 0 Å². The third-order valence-electron chi connectivity index (χ3n) is 5.01. The summed E-state index contributed by atoms with van der Waals surface area (Å²) in [7, 11) is -4.10. The normalized spacial score (nSPS) is 22.3. The van der Waals surface area contributed by atoms with Crippen LogP contribution in [-0.4, -0.2) is 59.7 Å². The Kier molecular flexibility index (Phi) is 6.71. The molecular weight excluding hydrogens is 396 g/mol. The molecule has 1 aliphatic heterocycles. The predicted octanol–water partition coefficient (Wildman–Crippen LogP) is 1.97. The van der Waals surface area contributed by atoms with E-state index in [1.807, 2.05) is 20.8 Å². The second-order valence-corrected chi connectivity index (χ2v) is 10.7. The highest BCUT2D eigenvalue weighted by Gasteiger charge is 2.42. The summed E-state index contributed by atoms with van der Waals surface area (Å²) in [5.41, 5.74) is 5.54. The van der Waals surface area contributed by atoms with E-state index in [0.717, 1.165) is 0 Å². The van der Waals surface area contributed by atoms with E-state index in [-0.39, 0.29) is 29.3 Å². The van der Waals surface area contributed by atoms with E-state index in [1.165, 1.54) is 28.6 Å². The van der Waals surface area contributed by atoms with E-state index < -0.39 is 38.8 Å². The van der Waals surface area contributed by atoms with Gasteiger partial charge in [-0.1, -0.05) is 32.9 Å². The molecule has 10 heteroatoms. The average molecular weight is 427 g/mol. The summed E-state index contributed by atoms with van der Waals surface area (Å²) in [6.45, 7) is 9.68. The summed E-state index contributed by atoms with van der Waals surface area (Å²) in [6, 6.07) is 3.69. The fourth-order valence-electron chi connectivity index (χ4n) is 3.65. The smallest absolute Gasteiger partial charge is 0.289 e. The molecule has 2 rings (SSSR count). The number of nitrogens with two attached hydrogens (primary N) is 1. The van der Waals surface area contributed by atoms with E-state index in [0.29, 0.717) is 6.42 Å². The number of amides is 1. The molecular formula is C19H30N4O5S. The minimum absolute atomic E-state index is 0.0452. The van der Waals surface area contributed by atoms with Crippen LogP contribution in [0.2, 0.25) is 0 Å². The molecule has 3 atom stereocenters. The summed E-state index contributed by atoms with van der Waals surface area (Å²) in [6.07, 6.45) is 0.516.